The number of ether oxygens (including phenoxy) is 1. The quantitative estimate of drug-likeness (QED) is 0.863. The molecule has 104 valence electrons. The SMILES string of the molecule is COC(=O)c1cc(C)ccc1NCc1cccc(Cl)c1. The summed E-state index contributed by atoms with van der Waals surface area (Å²) in [5, 5.41) is 3.94. The van der Waals surface area contributed by atoms with Crippen molar-refractivity contribution in [1.29, 1.82) is 0 Å². The van der Waals surface area contributed by atoms with Crippen LogP contribution in [0.5, 0.6) is 0 Å². The molecular weight excluding hydrogens is 274 g/mol. The zero-order valence-corrected chi connectivity index (χ0v) is 12.2. The van der Waals surface area contributed by atoms with Crippen molar-refractivity contribution in [2.75, 3.05) is 12.4 Å². The van der Waals surface area contributed by atoms with Crippen molar-refractivity contribution in [1.82, 2.24) is 0 Å². The summed E-state index contributed by atoms with van der Waals surface area (Å²) in [5.41, 5.74) is 3.35. The summed E-state index contributed by atoms with van der Waals surface area (Å²) in [6.45, 7) is 2.53. The molecule has 0 radical (unpaired) electrons. The van der Waals surface area contributed by atoms with Crippen LogP contribution in [0.3, 0.4) is 0 Å². The van der Waals surface area contributed by atoms with Gasteiger partial charge in [0.05, 0.1) is 12.7 Å². The topological polar surface area (TPSA) is 38.3 Å². The van der Waals surface area contributed by atoms with Crippen molar-refractivity contribution in [2.45, 2.75) is 13.5 Å². The second kappa shape index (κ2) is 6.44. The first kappa shape index (κ1) is 14.4. The fraction of sp³-hybridized carbons (Fsp3) is 0.188. The van der Waals surface area contributed by atoms with Gasteiger partial charge in [-0.15, -0.1) is 0 Å². The van der Waals surface area contributed by atoms with Crippen molar-refractivity contribution in [3.05, 3.63) is 64.2 Å². The highest BCUT2D eigenvalue weighted by Crippen LogP contribution is 2.20. The van der Waals surface area contributed by atoms with E-state index in [1.165, 1.54) is 7.11 Å². The van der Waals surface area contributed by atoms with Gasteiger partial charge >= 0.3 is 5.97 Å². The van der Waals surface area contributed by atoms with Crippen molar-refractivity contribution < 1.29 is 9.53 Å². The standard InChI is InChI=1S/C16H16ClNO2/c1-11-6-7-15(14(8-11)16(19)20-2)18-10-12-4-3-5-13(17)9-12/h3-9,18H,10H2,1-2H3. The Balaban J connectivity index is 2.19. The molecule has 0 aliphatic carbocycles. The molecule has 0 bridgehead atoms. The van der Waals surface area contributed by atoms with Crippen LogP contribution in [0.1, 0.15) is 21.5 Å². The van der Waals surface area contributed by atoms with E-state index in [2.05, 4.69) is 5.32 Å². The van der Waals surface area contributed by atoms with Gasteiger partial charge in [0.15, 0.2) is 0 Å². The Bertz CT molecular complexity index is 626. The van der Waals surface area contributed by atoms with Crippen molar-refractivity contribution >= 4 is 23.3 Å². The number of halogens is 1. The van der Waals surface area contributed by atoms with Gasteiger partial charge in [-0.25, -0.2) is 4.79 Å². The van der Waals surface area contributed by atoms with Gasteiger partial charge in [-0.3, -0.25) is 0 Å². The molecule has 2 aromatic carbocycles. The molecule has 0 aliphatic rings. The molecule has 0 heterocycles. The van der Waals surface area contributed by atoms with Crippen molar-refractivity contribution in [3.8, 4) is 0 Å². The van der Waals surface area contributed by atoms with Gasteiger partial charge in [-0.05, 0) is 36.8 Å². The smallest absolute Gasteiger partial charge is 0.339 e. The summed E-state index contributed by atoms with van der Waals surface area (Å²) >= 11 is 5.95. The van der Waals surface area contributed by atoms with Gasteiger partial charge in [-0.1, -0.05) is 35.4 Å². The first-order valence-corrected chi connectivity index (χ1v) is 6.65. The number of methoxy groups -OCH3 is 1. The number of rotatable bonds is 4. The summed E-state index contributed by atoms with van der Waals surface area (Å²) in [7, 11) is 1.38. The van der Waals surface area contributed by atoms with E-state index in [1.54, 1.807) is 0 Å². The van der Waals surface area contributed by atoms with E-state index < -0.39 is 0 Å². The Kier molecular flexibility index (Phi) is 4.64. The first-order valence-electron chi connectivity index (χ1n) is 6.27. The van der Waals surface area contributed by atoms with Gasteiger partial charge in [0, 0.05) is 17.3 Å². The number of hydrogen-bond acceptors (Lipinski definition) is 3. The van der Waals surface area contributed by atoms with Crippen LogP contribution >= 0.6 is 11.6 Å². The number of aryl methyl sites for hydroxylation is 1. The second-order valence-corrected chi connectivity index (χ2v) is 4.96. The third-order valence-corrected chi connectivity index (χ3v) is 3.19. The first-order chi connectivity index (χ1) is 9.60. The lowest BCUT2D eigenvalue weighted by Crippen LogP contribution is -2.08. The fourth-order valence-corrected chi connectivity index (χ4v) is 2.15. The second-order valence-electron chi connectivity index (χ2n) is 4.52. The van der Waals surface area contributed by atoms with E-state index in [0.717, 1.165) is 16.8 Å². The van der Waals surface area contributed by atoms with E-state index >= 15 is 0 Å². The number of hydrogen-bond donors (Lipinski definition) is 1. The van der Waals surface area contributed by atoms with Gasteiger partial charge < -0.3 is 10.1 Å². The maximum Gasteiger partial charge on any atom is 0.339 e. The van der Waals surface area contributed by atoms with Gasteiger partial charge in [0.2, 0.25) is 0 Å². The highest BCUT2D eigenvalue weighted by atomic mass is 35.5. The fourth-order valence-electron chi connectivity index (χ4n) is 1.94. The predicted octanol–water partition coefficient (Wildman–Crippen LogP) is 4.05. The molecule has 2 aromatic rings. The predicted molar refractivity (Wildman–Crippen MR) is 81.3 cm³/mol. The molecule has 3 nitrogen and oxygen atoms in total. The van der Waals surface area contributed by atoms with Gasteiger partial charge in [0.1, 0.15) is 0 Å². The zero-order valence-electron chi connectivity index (χ0n) is 11.4. The van der Waals surface area contributed by atoms with Crippen molar-refractivity contribution in [3.63, 3.8) is 0 Å². The Labute approximate surface area is 123 Å². The molecule has 0 fully saturated rings. The average Bonchev–Trinajstić information content (AvgIpc) is 2.45. The number of carbonyl (C=O) groups excluding carboxylic acids is 1. The number of esters is 1. The van der Waals surface area contributed by atoms with Gasteiger partial charge in [-0.2, -0.15) is 0 Å². The third-order valence-electron chi connectivity index (χ3n) is 2.95. The van der Waals surface area contributed by atoms with Crippen LogP contribution in [-0.4, -0.2) is 13.1 Å². The normalized spacial score (nSPS) is 10.2. The average molecular weight is 290 g/mol. The molecule has 0 amide bonds. The molecule has 20 heavy (non-hydrogen) atoms. The molecule has 0 saturated carbocycles. The van der Waals surface area contributed by atoms with Crippen LogP contribution in [0.15, 0.2) is 42.5 Å². The minimum Gasteiger partial charge on any atom is -0.465 e. The molecule has 0 aliphatic heterocycles. The number of nitrogens with one attached hydrogen (secondary N) is 1. The zero-order chi connectivity index (χ0) is 14.5. The Morgan fingerprint density at radius 3 is 2.75 bits per heavy atom. The maximum atomic E-state index is 11.8. The molecule has 2 rings (SSSR count). The Morgan fingerprint density at radius 2 is 2.05 bits per heavy atom. The number of carbonyl (C=O) groups is 1. The molecule has 0 atom stereocenters. The summed E-state index contributed by atoms with van der Waals surface area (Å²) < 4.78 is 4.80. The van der Waals surface area contributed by atoms with Crippen molar-refractivity contribution in [2.24, 2.45) is 0 Å². The van der Waals surface area contributed by atoms with E-state index in [0.29, 0.717) is 17.1 Å². The van der Waals surface area contributed by atoms with Crippen LogP contribution in [0.25, 0.3) is 0 Å². The minimum absolute atomic E-state index is 0.345. The highest BCUT2D eigenvalue weighted by Gasteiger charge is 2.11. The molecular formula is C16H16ClNO2. The summed E-state index contributed by atoms with van der Waals surface area (Å²) in [5.74, 6) is -0.345. The third kappa shape index (κ3) is 3.52. The lowest BCUT2D eigenvalue weighted by atomic mass is 10.1. The highest BCUT2D eigenvalue weighted by molar-refractivity contribution is 6.30. The molecule has 0 saturated heterocycles. The van der Waals surface area contributed by atoms with Crippen LogP contribution in [0, 0.1) is 6.92 Å². The molecule has 1 N–H and O–H groups in total. The van der Waals surface area contributed by atoms with Crippen LogP contribution in [0.4, 0.5) is 5.69 Å². The monoisotopic (exact) mass is 289 g/mol. The largest absolute Gasteiger partial charge is 0.465 e. The Morgan fingerprint density at radius 1 is 1.25 bits per heavy atom. The van der Waals surface area contributed by atoms with E-state index in [9.17, 15) is 4.79 Å². The van der Waals surface area contributed by atoms with E-state index in [4.69, 9.17) is 16.3 Å². The summed E-state index contributed by atoms with van der Waals surface area (Å²) in [6.07, 6.45) is 0. The van der Waals surface area contributed by atoms with E-state index in [1.807, 2.05) is 49.4 Å². The van der Waals surface area contributed by atoms with Crippen LogP contribution in [-0.2, 0) is 11.3 Å². The lowest BCUT2D eigenvalue weighted by molar-refractivity contribution is 0.0601. The van der Waals surface area contributed by atoms with Crippen LogP contribution < -0.4 is 5.32 Å². The minimum atomic E-state index is -0.345. The molecule has 0 unspecified atom stereocenters. The lowest BCUT2D eigenvalue weighted by Gasteiger charge is -2.12. The molecule has 0 spiro atoms. The molecule has 4 heteroatoms. The number of anilines is 1. The summed E-state index contributed by atoms with van der Waals surface area (Å²) in [6, 6.07) is 13.2. The maximum absolute atomic E-state index is 11.8. The Hall–Kier alpha value is -2.00. The molecule has 0 aromatic heterocycles. The number of benzene rings is 2. The van der Waals surface area contributed by atoms with Crippen LogP contribution in [0.2, 0.25) is 5.02 Å². The van der Waals surface area contributed by atoms with Gasteiger partial charge in [0.25, 0.3) is 0 Å². The summed E-state index contributed by atoms with van der Waals surface area (Å²) in [4.78, 5) is 11.8. The van der Waals surface area contributed by atoms with E-state index in [-0.39, 0.29) is 5.97 Å².